The number of fused-ring (bicyclic) bond motifs is 1. The summed E-state index contributed by atoms with van der Waals surface area (Å²) < 4.78 is 0. The average molecular weight is 276 g/mol. The van der Waals surface area contributed by atoms with Crippen molar-refractivity contribution in [2.75, 3.05) is 24.5 Å². The third kappa shape index (κ3) is 2.99. The molecule has 1 aliphatic heterocycles. The van der Waals surface area contributed by atoms with Crippen LogP contribution in [0.15, 0.2) is 18.2 Å². The smallest absolute Gasteiger partial charge is 0.336 e. The Balaban J connectivity index is 2.22. The first kappa shape index (κ1) is 14.5. The van der Waals surface area contributed by atoms with Gasteiger partial charge in [0.1, 0.15) is 0 Å². The highest BCUT2D eigenvalue weighted by Crippen LogP contribution is 2.30. The monoisotopic (exact) mass is 276 g/mol. The zero-order chi connectivity index (χ0) is 14.5. The van der Waals surface area contributed by atoms with Crippen molar-refractivity contribution in [3.05, 3.63) is 29.3 Å². The van der Waals surface area contributed by atoms with E-state index in [1.165, 1.54) is 0 Å². The predicted molar refractivity (Wildman–Crippen MR) is 77.2 cm³/mol. The van der Waals surface area contributed by atoms with E-state index in [1.54, 1.807) is 17.0 Å². The summed E-state index contributed by atoms with van der Waals surface area (Å²) in [5, 5.41) is 12.4. The Morgan fingerprint density at radius 2 is 2.20 bits per heavy atom. The molecule has 2 N–H and O–H groups in total. The summed E-state index contributed by atoms with van der Waals surface area (Å²) in [7, 11) is 0. The number of carboxylic acids is 1. The molecule has 0 spiro atoms. The normalized spacial score (nSPS) is 13.9. The molecule has 5 heteroatoms. The van der Waals surface area contributed by atoms with Gasteiger partial charge in [-0.3, -0.25) is 4.79 Å². The summed E-state index contributed by atoms with van der Waals surface area (Å²) in [5.74, 6) is -0.877. The number of nitrogens with zero attached hydrogens (tertiary/aromatic N) is 1. The van der Waals surface area contributed by atoms with Crippen molar-refractivity contribution in [3.63, 3.8) is 0 Å². The molecule has 0 unspecified atom stereocenters. The second kappa shape index (κ2) is 6.52. The lowest BCUT2D eigenvalue weighted by atomic mass is 9.96. The van der Waals surface area contributed by atoms with Crippen LogP contribution in [0.5, 0.6) is 0 Å². The highest BCUT2D eigenvalue weighted by Gasteiger charge is 2.25. The number of rotatable bonds is 5. The Labute approximate surface area is 118 Å². The van der Waals surface area contributed by atoms with Gasteiger partial charge in [0, 0.05) is 25.2 Å². The Morgan fingerprint density at radius 1 is 1.40 bits per heavy atom. The molecule has 1 aliphatic rings. The molecule has 0 saturated carbocycles. The molecule has 5 nitrogen and oxygen atoms in total. The molecule has 0 saturated heterocycles. The average Bonchev–Trinajstić information content (AvgIpc) is 2.46. The summed E-state index contributed by atoms with van der Waals surface area (Å²) >= 11 is 0. The summed E-state index contributed by atoms with van der Waals surface area (Å²) in [4.78, 5) is 25.2. The number of hydrogen-bond donors (Lipinski definition) is 2. The van der Waals surface area contributed by atoms with E-state index in [4.69, 9.17) is 0 Å². The molecule has 1 heterocycles. The van der Waals surface area contributed by atoms with Crippen LogP contribution in [0, 0.1) is 0 Å². The molecule has 0 aliphatic carbocycles. The molecule has 20 heavy (non-hydrogen) atoms. The molecule has 0 aromatic heterocycles. The lowest BCUT2D eigenvalue weighted by Gasteiger charge is -2.30. The number of carbonyl (C=O) groups excluding carboxylic acids is 1. The molecule has 108 valence electrons. The quantitative estimate of drug-likeness (QED) is 0.803. The van der Waals surface area contributed by atoms with Gasteiger partial charge in [0.2, 0.25) is 5.91 Å². The zero-order valence-electron chi connectivity index (χ0n) is 11.7. The van der Waals surface area contributed by atoms with Gasteiger partial charge in [-0.2, -0.15) is 0 Å². The number of aromatic carboxylic acids is 1. The van der Waals surface area contributed by atoms with Crippen LogP contribution in [0.4, 0.5) is 5.69 Å². The van der Waals surface area contributed by atoms with E-state index in [9.17, 15) is 14.7 Å². The number of carbonyl (C=O) groups is 2. The topological polar surface area (TPSA) is 69.6 Å². The van der Waals surface area contributed by atoms with Crippen molar-refractivity contribution < 1.29 is 14.7 Å². The van der Waals surface area contributed by atoms with Crippen LogP contribution in [-0.4, -0.2) is 36.6 Å². The Hall–Kier alpha value is -1.88. The van der Waals surface area contributed by atoms with Gasteiger partial charge < -0.3 is 15.3 Å². The number of hydrogen-bond acceptors (Lipinski definition) is 3. The minimum Gasteiger partial charge on any atom is -0.478 e. The Morgan fingerprint density at radius 3 is 2.90 bits per heavy atom. The van der Waals surface area contributed by atoms with Crippen molar-refractivity contribution in [1.29, 1.82) is 0 Å². The summed E-state index contributed by atoms with van der Waals surface area (Å²) in [6.45, 7) is 4.16. The summed E-state index contributed by atoms with van der Waals surface area (Å²) in [5.41, 5.74) is 1.85. The first-order chi connectivity index (χ1) is 9.65. The van der Waals surface area contributed by atoms with Crippen LogP contribution < -0.4 is 10.2 Å². The van der Waals surface area contributed by atoms with Crippen molar-refractivity contribution in [2.24, 2.45) is 0 Å². The SMILES string of the molecule is CCNCCC(=O)N1CCCc2c(C(=O)O)cccc21. The fraction of sp³-hybridized carbons (Fsp3) is 0.467. The maximum Gasteiger partial charge on any atom is 0.336 e. The minimum atomic E-state index is -0.927. The van der Waals surface area contributed by atoms with Gasteiger partial charge >= 0.3 is 5.97 Å². The van der Waals surface area contributed by atoms with Gasteiger partial charge in [-0.15, -0.1) is 0 Å². The van der Waals surface area contributed by atoms with Gasteiger partial charge in [-0.25, -0.2) is 4.79 Å². The van der Waals surface area contributed by atoms with Crippen molar-refractivity contribution >= 4 is 17.6 Å². The summed E-state index contributed by atoms with van der Waals surface area (Å²) in [6, 6.07) is 5.15. The molecular weight excluding hydrogens is 256 g/mol. The third-order valence-electron chi connectivity index (χ3n) is 3.55. The zero-order valence-corrected chi connectivity index (χ0v) is 11.7. The van der Waals surface area contributed by atoms with Crippen molar-refractivity contribution in [3.8, 4) is 0 Å². The van der Waals surface area contributed by atoms with Gasteiger partial charge in [-0.05, 0) is 37.1 Å². The number of anilines is 1. The van der Waals surface area contributed by atoms with Gasteiger partial charge in [0.05, 0.1) is 5.56 Å². The van der Waals surface area contributed by atoms with E-state index >= 15 is 0 Å². The second-order valence-electron chi connectivity index (χ2n) is 4.86. The second-order valence-corrected chi connectivity index (χ2v) is 4.86. The minimum absolute atomic E-state index is 0.0504. The number of benzene rings is 1. The number of carboxylic acid groups (broad SMARTS) is 1. The van der Waals surface area contributed by atoms with E-state index < -0.39 is 5.97 Å². The highest BCUT2D eigenvalue weighted by molar-refractivity contribution is 5.98. The maximum atomic E-state index is 12.3. The Kier molecular flexibility index (Phi) is 4.74. The van der Waals surface area contributed by atoms with Crippen LogP contribution >= 0.6 is 0 Å². The van der Waals surface area contributed by atoms with E-state index in [-0.39, 0.29) is 5.91 Å². The van der Waals surface area contributed by atoms with Gasteiger partial charge in [0.25, 0.3) is 0 Å². The Bertz CT molecular complexity index is 514. The highest BCUT2D eigenvalue weighted by atomic mass is 16.4. The predicted octanol–water partition coefficient (Wildman–Crippen LogP) is 1.66. The molecule has 0 fully saturated rings. The molecule has 0 bridgehead atoms. The van der Waals surface area contributed by atoms with Gasteiger partial charge in [-0.1, -0.05) is 13.0 Å². The van der Waals surface area contributed by atoms with Crippen molar-refractivity contribution in [2.45, 2.75) is 26.2 Å². The molecule has 0 atom stereocenters. The van der Waals surface area contributed by atoms with E-state index in [0.29, 0.717) is 25.1 Å². The lowest BCUT2D eigenvalue weighted by molar-refractivity contribution is -0.118. The molecule has 1 aromatic rings. The van der Waals surface area contributed by atoms with Crippen LogP contribution in [-0.2, 0) is 11.2 Å². The first-order valence-corrected chi connectivity index (χ1v) is 7.01. The molecule has 1 aromatic carbocycles. The largest absolute Gasteiger partial charge is 0.478 e. The van der Waals surface area contributed by atoms with E-state index in [2.05, 4.69) is 5.32 Å². The van der Waals surface area contributed by atoms with E-state index in [0.717, 1.165) is 30.6 Å². The van der Waals surface area contributed by atoms with Crippen LogP contribution in [0.3, 0.4) is 0 Å². The first-order valence-electron chi connectivity index (χ1n) is 7.01. The van der Waals surface area contributed by atoms with Crippen LogP contribution in [0.1, 0.15) is 35.7 Å². The molecule has 0 radical (unpaired) electrons. The maximum absolute atomic E-state index is 12.3. The lowest BCUT2D eigenvalue weighted by Crippen LogP contribution is -2.37. The summed E-state index contributed by atoms with van der Waals surface area (Å²) in [6.07, 6.45) is 1.96. The van der Waals surface area contributed by atoms with Crippen molar-refractivity contribution in [1.82, 2.24) is 5.32 Å². The van der Waals surface area contributed by atoms with Crippen LogP contribution in [0.25, 0.3) is 0 Å². The fourth-order valence-electron chi connectivity index (χ4n) is 2.59. The fourth-order valence-corrected chi connectivity index (χ4v) is 2.59. The van der Waals surface area contributed by atoms with Gasteiger partial charge in [0.15, 0.2) is 0 Å². The van der Waals surface area contributed by atoms with E-state index in [1.807, 2.05) is 13.0 Å². The number of nitrogens with one attached hydrogen (secondary N) is 1. The molecular formula is C15H20N2O3. The number of amides is 1. The van der Waals surface area contributed by atoms with Crippen LogP contribution in [0.2, 0.25) is 0 Å². The molecule has 1 amide bonds. The standard InChI is InChI=1S/C15H20N2O3/c1-2-16-9-8-14(18)17-10-4-6-11-12(15(19)20)5-3-7-13(11)17/h3,5,7,16H,2,4,6,8-10H2,1H3,(H,19,20). The molecule has 2 rings (SSSR count). The third-order valence-corrected chi connectivity index (χ3v) is 3.55.